The normalized spacial score (nSPS) is 12.8. The summed E-state index contributed by atoms with van der Waals surface area (Å²) in [7, 11) is 1.68. The molecule has 1 N–H and O–H groups in total. The molecule has 1 heterocycles. The maximum absolute atomic E-state index is 10.3. The van der Waals surface area contributed by atoms with Crippen molar-refractivity contribution >= 4 is 10.9 Å². The number of pyridine rings is 1. The average Bonchev–Trinajstić information content (AvgIpc) is 2.38. The maximum atomic E-state index is 10.3. The van der Waals surface area contributed by atoms with Crippen LogP contribution in [0.25, 0.3) is 10.9 Å². The SMILES string of the molecule is COCCCC(O)c1cc(C)nc2ccccc12. The second-order valence-corrected chi connectivity index (χ2v) is 4.52. The van der Waals surface area contributed by atoms with Crippen molar-refractivity contribution in [3.05, 3.63) is 41.6 Å². The van der Waals surface area contributed by atoms with Gasteiger partial charge in [0.1, 0.15) is 0 Å². The number of rotatable bonds is 5. The first-order chi connectivity index (χ1) is 8.72. The number of aliphatic hydroxyl groups excluding tert-OH is 1. The quantitative estimate of drug-likeness (QED) is 0.823. The number of methoxy groups -OCH3 is 1. The van der Waals surface area contributed by atoms with Gasteiger partial charge in [0.25, 0.3) is 0 Å². The van der Waals surface area contributed by atoms with Gasteiger partial charge < -0.3 is 9.84 Å². The highest BCUT2D eigenvalue weighted by Crippen LogP contribution is 2.26. The summed E-state index contributed by atoms with van der Waals surface area (Å²) in [5, 5.41) is 11.3. The Kier molecular flexibility index (Phi) is 4.28. The Hall–Kier alpha value is -1.45. The Morgan fingerprint density at radius 1 is 1.33 bits per heavy atom. The minimum absolute atomic E-state index is 0.452. The molecule has 0 bridgehead atoms. The number of ether oxygens (including phenoxy) is 1. The third-order valence-electron chi connectivity index (χ3n) is 3.06. The molecule has 0 saturated carbocycles. The van der Waals surface area contributed by atoms with E-state index in [1.807, 2.05) is 37.3 Å². The molecule has 0 aliphatic carbocycles. The third kappa shape index (κ3) is 2.86. The van der Waals surface area contributed by atoms with E-state index in [0.29, 0.717) is 13.0 Å². The van der Waals surface area contributed by atoms with Crippen molar-refractivity contribution in [3.63, 3.8) is 0 Å². The highest BCUT2D eigenvalue weighted by Gasteiger charge is 2.12. The van der Waals surface area contributed by atoms with Crippen molar-refractivity contribution in [2.75, 3.05) is 13.7 Å². The number of aryl methyl sites for hydroxylation is 1. The lowest BCUT2D eigenvalue weighted by Gasteiger charge is -2.14. The monoisotopic (exact) mass is 245 g/mol. The van der Waals surface area contributed by atoms with Crippen molar-refractivity contribution in [2.24, 2.45) is 0 Å². The highest BCUT2D eigenvalue weighted by atomic mass is 16.5. The summed E-state index contributed by atoms with van der Waals surface area (Å²) in [6.07, 6.45) is 1.11. The molecule has 0 spiro atoms. The van der Waals surface area contributed by atoms with Gasteiger partial charge in [-0.1, -0.05) is 18.2 Å². The second kappa shape index (κ2) is 5.94. The number of aliphatic hydroxyl groups is 1. The van der Waals surface area contributed by atoms with Crippen molar-refractivity contribution in [3.8, 4) is 0 Å². The smallest absolute Gasteiger partial charge is 0.0798 e. The summed E-state index contributed by atoms with van der Waals surface area (Å²) in [6.45, 7) is 2.64. The van der Waals surface area contributed by atoms with E-state index in [-0.39, 0.29) is 0 Å². The number of para-hydroxylation sites is 1. The van der Waals surface area contributed by atoms with Gasteiger partial charge in [-0.25, -0.2) is 0 Å². The minimum atomic E-state index is -0.452. The Bertz CT molecular complexity index is 525. The first-order valence-corrected chi connectivity index (χ1v) is 6.25. The summed E-state index contributed by atoms with van der Waals surface area (Å²) in [6, 6.07) is 9.91. The predicted molar refractivity (Wildman–Crippen MR) is 72.5 cm³/mol. The molecule has 0 aliphatic rings. The number of aromatic nitrogens is 1. The number of fused-ring (bicyclic) bond motifs is 1. The van der Waals surface area contributed by atoms with E-state index < -0.39 is 6.10 Å². The lowest BCUT2D eigenvalue weighted by Crippen LogP contribution is -2.02. The first kappa shape index (κ1) is 13.0. The van der Waals surface area contributed by atoms with Gasteiger partial charge in [0, 0.05) is 24.8 Å². The molecule has 0 amide bonds. The fourth-order valence-corrected chi connectivity index (χ4v) is 2.19. The van der Waals surface area contributed by atoms with Crippen LogP contribution in [0.4, 0.5) is 0 Å². The average molecular weight is 245 g/mol. The van der Waals surface area contributed by atoms with Crippen LogP contribution in [0.3, 0.4) is 0 Å². The van der Waals surface area contributed by atoms with Gasteiger partial charge in [-0.2, -0.15) is 0 Å². The molecule has 2 rings (SSSR count). The van der Waals surface area contributed by atoms with Crippen LogP contribution in [0.1, 0.15) is 30.2 Å². The lowest BCUT2D eigenvalue weighted by atomic mass is 10.00. The molecule has 3 heteroatoms. The standard InChI is InChI=1S/C15H19NO2/c1-11-10-13(15(17)8-5-9-18-2)12-6-3-4-7-14(12)16-11/h3-4,6-7,10,15,17H,5,8-9H2,1-2H3. The molecule has 0 radical (unpaired) electrons. The Morgan fingerprint density at radius 3 is 2.89 bits per heavy atom. The fourth-order valence-electron chi connectivity index (χ4n) is 2.19. The molecule has 18 heavy (non-hydrogen) atoms. The van der Waals surface area contributed by atoms with Crippen LogP contribution >= 0.6 is 0 Å². The van der Waals surface area contributed by atoms with Gasteiger partial charge >= 0.3 is 0 Å². The van der Waals surface area contributed by atoms with Crippen LogP contribution in [-0.2, 0) is 4.74 Å². The van der Waals surface area contributed by atoms with Crippen LogP contribution in [-0.4, -0.2) is 23.8 Å². The fraction of sp³-hybridized carbons (Fsp3) is 0.400. The molecule has 96 valence electrons. The zero-order valence-corrected chi connectivity index (χ0v) is 10.9. The molecule has 0 aliphatic heterocycles. The topological polar surface area (TPSA) is 42.4 Å². The van der Waals surface area contributed by atoms with Crippen LogP contribution in [0, 0.1) is 6.92 Å². The summed E-state index contributed by atoms with van der Waals surface area (Å²) in [5.41, 5.74) is 2.85. The van der Waals surface area contributed by atoms with E-state index in [0.717, 1.165) is 28.6 Å². The molecule has 1 atom stereocenters. The highest BCUT2D eigenvalue weighted by molar-refractivity contribution is 5.82. The molecule has 1 unspecified atom stereocenters. The van der Waals surface area contributed by atoms with Crippen LogP contribution in [0.5, 0.6) is 0 Å². The molecule has 2 aromatic rings. The number of hydrogen-bond acceptors (Lipinski definition) is 3. The van der Waals surface area contributed by atoms with Gasteiger partial charge in [0.2, 0.25) is 0 Å². The van der Waals surface area contributed by atoms with Crippen LogP contribution < -0.4 is 0 Å². The molecular weight excluding hydrogens is 226 g/mol. The van der Waals surface area contributed by atoms with Gasteiger partial charge in [-0.3, -0.25) is 4.98 Å². The van der Waals surface area contributed by atoms with Crippen molar-refractivity contribution < 1.29 is 9.84 Å². The Labute approximate surface area is 107 Å². The van der Waals surface area contributed by atoms with Crippen molar-refractivity contribution in [2.45, 2.75) is 25.9 Å². The van der Waals surface area contributed by atoms with E-state index in [1.54, 1.807) is 7.11 Å². The molecule has 1 aromatic carbocycles. The maximum Gasteiger partial charge on any atom is 0.0798 e. The minimum Gasteiger partial charge on any atom is -0.388 e. The number of hydrogen-bond donors (Lipinski definition) is 1. The van der Waals surface area contributed by atoms with Crippen molar-refractivity contribution in [1.82, 2.24) is 4.98 Å². The van der Waals surface area contributed by atoms with E-state index in [4.69, 9.17) is 4.74 Å². The number of nitrogens with zero attached hydrogens (tertiary/aromatic N) is 1. The van der Waals surface area contributed by atoms with Gasteiger partial charge in [-0.05, 0) is 37.5 Å². The summed E-state index contributed by atoms with van der Waals surface area (Å²) in [4.78, 5) is 4.48. The predicted octanol–water partition coefficient (Wildman–Crippen LogP) is 3.00. The Balaban J connectivity index is 2.31. The molecule has 1 aromatic heterocycles. The zero-order valence-electron chi connectivity index (χ0n) is 10.9. The number of benzene rings is 1. The molecule has 3 nitrogen and oxygen atoms in total. The van der Waals surface area contributed by atoms with Gasteiger partial charge in [0.05, 0.1) is 11.6 Å². The zero-order chi connectivity index (χ0) is 13.0. The summed E-state index contributed by atoms with van der Waals surface area (Å²) < 4.78 is 5.02. The van der Waals surface area contributed by atoms with E-state index in [2.05, 4.69) is 4.98 Å². The van der Waals surface area contributed by atoms with Gasteiger partial charge in [0.15, 0.2) is 0 Å². The van der Waals surface area contributed by atoms with Gasteiger partial charge in [-0.15, -0.1) is 0 Å². The van der Waals surface area contributed by atoms with Crippen LogP contribution in [0.15, 0.2) is 30.3 Å². The summed E-state index contributed by atoms with van der Waals surface area (Å²) >= 11 is 0. The molecular formula is C15H19NO2. The lowest BCUT2D eigenvalue weighted by molar-refractivity contribution is 0.137. The Morgan fingerprint density at radius 2 is 2.11 bits per heavy atom. The van der Waals surface area contributed by atoms with E-state index >= 15 is 0 Å². The van der Waals surface area contributed by atoms with Crippen LogP contribution in [0.2, 0.25) is 0 Å². The van der Waals surface area contributed by atoms with Crippen molar-refractivity contribution in [1.29, 1.82) is 0 Å². The van der Waals surface area contributed by atoms with E-state index in [9.17, 15) is 5.11 Å². The third-order valence-corrected chi connectivity index (χ3v) is 3.06. The molecule has 0 fully saturated rings. The first-order valence-electron chi connectivity index (χ1n) is 6.25. The largest absolute Gasteiger partial charge is 0.388 e. The summed E-state index contributed by atoms with van der Waals surface area (Å²) in [5.74, 6) is 0. The van der Waals surface area contributed by atoms with E-state index in [1.165, 1.54) is 0 Å². The molecule has 0 saturated heterocycles. The second-order valence-electron chi connectivity index (χ2n) is 4.52.